The molecular weight excluding hydrogens is 136 g/mol. The number of ether oxygens (including phenoxy) is 1. The molecule has 54 valence electrons. The van der Waals surface area contributed by atoms with E-state index in [1.54, 1.807) is 0 Å². The van der Waals surface area contributed by atoms with Gasteiger partial charge in [0, 0.05) is 0 Å². The minimum Gasteiger partial charge on any atom is -0.374 e. The second-order valence-electron chi connectivity index (χ2n) is 2.65. The molecule has 1 fully saturated rings. The van der Waals surface area contributed by atoms with Crippen LogP contribution in [0.5, 0.6) is 0 Å². The Labute approximate surface area is 61.3 Å². The fraction of sp³-hybridized carbons (Fsp3) is 1.00. The highest BCUT2D eigenvalue weighted by molar-refractivity contribution is 6.23. The lowest BCUT2D eigenvalue weighted by atomic mass is 10.3. The van der Waals surface area contributed by atoms with Gasteiger partial charge in [-0.05, 0) is 19.8 Å². The average Bonchev–Trinajstić information content (AvgIpc) is 2.47. The normalized spacial score (nSPS) is 36.3. The molecule has 1 rings (SSSR count). The minimum atomic E-state index is 0.305. The third-order valence-electron chi connectivity index (χ3n) is 1.64. The van der Waals surface area contributed by atoms with Crippen LogP contribution >= 0.6 is 11.6 Å². The predicted octanol–water partition coefficient (Wildman–Crippen LogP) is 2.18. The third-order valence-corrected chi connectivity index (χ3v) is 2.10. The Morgan fingerprint density at radius 1 is 1.78 bits per heavy atom. The Hall–Kier alpha value is 0.250. The van der Waals surface area contributed by atoms with Crippen molar-refractivity contribution in [3.63, 3.8) is 0 Å². The predicted molar refractivity (Wildman–Crippen MR) is 38.9 cm³/mol. The van der Waals surface area contributed by atoms with Crippen molar-refractivity contribution in [1.29, 1.82) is 0 Å². The second kappa shape index (κ2) is 2.89. The summed E-state index contributed by atoms with van der Waals surface area (Å²) in [6.07, 6.45) is 2.88. The highest BCUT2D eigenvalue weighted by Crippen LogP contribution is 2.32. The van der Waals surface area contributed by atoms with E-state index in [-0.39, 0.29) is 0 Å². The minimum absolute atomic E-state index is 0.305. The van der Waals surface area contributed by atoms with Crippen LogP contribution in [0.25, 0.3) is 0 Å². The van der Waals surface area contributed by atoms with Crippen molar-refractivity contribution in [3.8, 4) is 0 Å². The summed E-state index contributed by atoms with van der Waals surface area (Å²) in [7, 11) is 0. The molecule has 0 aromatic heterocycles. The molecule has 1 nitrogen and oxygen atoms in total. The number of hydrogen-bond acceptors (Lipinski definition) is 1. The lowest BCUT2D eigenvalue weighted by Crippen LogP contribution is -2.09. The van der Waals surface area contributed by atoms with Gasteiger partial charge in [-0.2, -0.15) is 0 Å². The zero-order valence-corrected chi connectivity index (χ0v) is 6.69. The first-order valence-corrected chi connectivity index (χ1v) is 3.97. The van der Waals surface area contributed by atoms with Crippen molar-refractivity contribution in [3.05, 3.63) is 0 Å². The van der Waals surface area contributed by atoms with Crippen LogP contribution in [0.2, 0.25) is 0 Å². The van der Waals surface area contributed by atoms with Crippen LogP contribution in [-0.2, 0) is 4.74 Å². The fourth-order valence-electron chi connectivity index (χ4n) is 0.679. The number of alkyl halides is 1. The molecule has 0 radical (unpaired) electrons. The van der Waals surface area contributed by atoms with E-state index in [2.05, 4.69) is 13.8 Å². The van der Waals surface area contributed by atoms with Gasteiger partial charge >= 0.3 is 0 Å². The third kappa shape index (κ3) is 2.15. The van der Waals surface area contributed by atoms with Gasteiger partial charge in [0.1, 0.15) is 0 Å². The standard InChI is InChI=1S/C7H13ClO/c1-3-5(2)9-7-4-6(7)8/h5-7H,3-4H2,1-2H3/t5?,6-,7-/m1/s1. The number of rotatable bonds is 3. The van der Waals surface area contributed by atoms with E-state index in [9.17, 15) is 0 Å². The van der Waals surface area contributed by atoms with Crippen LogP contribution < -0.4 is 0 Å². The first-order valence-electron chi connectivity index (χ1n) is 3.53. The van der Waals surface area contributed by atoms with Crippen LogP contribution in [0.15, 0.2) is 0 Å². The van der Waals surface area contributed by atoms with E-state index in [0.29, 0.717) is 17.6 Å². The highest BCUT2D eigenvalue weighted by Gasteiger charge is 2.37. The van der Waals surface area contributed by atoms with Gasteiger partial charge < -0.3 is 4.74 Å². The molecule has 0 bridgehead atoms. The quantitative estimate of drug-likeness (QED) is 0.558. The summed E-state index contributed by atoms with van der Waals surface area (Å²) in [5.41, 5.74) is 0. The molecule has 1 aliphatic carbocycles. The van der Waals surface area contributed by atoms with Crippen molar-refractivity contribution in [2.24, 2.45) is 0 Å². The van der Waals surface area contributed by atoms with Gasteiger partial charge in [-0.15, -0.1) is 11.6 Å². The summed E-state index contributed by atoms with van der Waals surface area (Å²) >= 11 is 5.73. The molecule has 0 aromatic carbocycles. The topological polar surface area (TPSA) is 9.23 Å². The molecule has 3 atom stereocenters. The first kappa shape index (κ1) is 7.36. The van der Waals surface area contributed by atoms with Crippen LogP contribution in [0.4, 0.5) is 0 Å². The van der Waals surface area contributed by atoms with Gasteiger partial charge in [0.2, 0.25) is 0 Å². The highest BCUT2D eigenvalue weighted by atomic mass is 35.5. The van der Waals surface area contributed by atoms with E-state index in [0.717, 1.165) is 12.8 Å². The number of hydrogen-bond donors (Lipinski definition) is 0. The van der Waals surface area contributed by atoms with Crippen molar-refractivity contribution in [2.45, 2.75) is 44.3 Å². The molecule has 0 spiro atoms. The van der Waals surface area contributed by atoms with Crippen LogP contribution in [-0.4, -0.2) is 17.6 Å². The summed E-state index contributed by atoms with van der Waals surface area (Å²) in [6, 6.07) is 0. The molecule has 0 saturated heterocycles. The van der Waals surface area contributed by atoms with Gasteiger partial charge in [-0.1, -0.05) is 6.92 Å². The zero-order chi connectivity index (χ0) is 6.85. The summed E-state index contributed by atoms with van der Waals surface area (Å²) in [5, 5.41) is 0.305. The molecular formula is C7H13ClO. The Morgan fingerprint density at radius 3 is 2.67 bits per heavy atom. The largest absolute Gasteiger partial charge is 0.374 e. The van der Waals surface area contributed by atoms with Gasteiger partial charge in [0.25, 0.3) is 0 Å². The average molecular weight is 149 g/mol. The zero-order valence-electron chi connectivity index (χ0n) is 5.93. The van der Waals surface area contributed by atoms with E-state index in [4.69, 9.17) is 16.3 Å². The van der Waals surface area contributed by atoms with E-state index in [1.807, 2.05) is 0 Å². The molecule has 0 aromatic rings. The fourth-order valence-corrected chi connectivity index (χ4v) is 0.914. The van der Waals surface area contributed by atoms with Gasteiger partial charge in [-0.3, -0.25) is 0 Å². The van der Waals surface area contributed by atoms with E-state index in [1.165, 1.54) is 0 Å². The van der Waals surface area contributed by atoms with Crippen molar-refractivity contribution < 1.29 is 4.74 Å². The molecule has 1 unspecified atom stereocenters. The maximum atomic E-state index is 5.73. The Bertz CT molecular complexity index is 92.9. The molecule has 0 heterocycles. The van der Waals surface area contributed by atoms with Crippen LogP contribution in [0.3, 0.4) is 0 Å². The Morgan fingerprint density at radius 2 is 2.33 bits per heavy atom. The van der Waals surface area contributed by atoms with Crippen molar-refractivity contribution in [2.75, 3.05) is 0 Å². The van der Waals surface area contributed by atoms with Crippen LogP contribution in [0, 0.1) is 0 Å². The molecule has 1 saturated carbocycles. The van der Waals surface area contributed by atoms with Crippen molar-refractivity contribution >= 4 is 11.6 Å². The van der Waals surface area contributed by atoms with Gasteiger partial charge in [0.05, 0.1) is 17.6 Å². The van der Waals surface area contributed by atoms with Crippen LogP contribution in [0.1, 0.15) is 26.7 Å². The molecule has 0 N–H and O–H groups in total. The number of halogens is 1. The summed E-state index contributed by atoms with van der Waals surface area (Å²) in [6.45, 7) is 4.21. The molecule has 9 heavy (non-hydrogen) atoms. The van der Waals surface area contributed by atoms with Gasteiger partial charge in [-0.25, -0.2) is 0 Å². The maximum Gasteiger partial charge on any atom is 0.0758 e. The first-order chi connectivity index (χ1) is 4.24. The van der Waals surface area contributed by atoms with E-state index < -0.39 is 0 Å². The molecule has 0 aliphatic heterocycles. The molecule has 2 heteroatoms. The monoisotopic (exact) mass is 148 g/mol. The van der Waals surface area contributed by atoms with Gasteiger partial charge in [0.15, 0.2) is 0 Å². The molecule has 0 amide bonds. The van der Waals surface area contributed by atoms with Crippen molar-refractivity contribution in [1.82, 2.24) is 0 Å². The summed E-state index contributed by atoms with van der Waals surface area (Å²) in [4.78, 5) is 0. The SMILES string of the molecule is CCC(C)O[C@@H]1C[C@H]1Cl. The Balaban J connectivity index is 2.05. The summed E-state index contributed by atoms with van der Waals surface area (Å²) in [5.74, 6) is 0. The lowest BCUT2D eigenvalue weighted by molar-refractivity contribution is 0.0508. The summed E-state index contributed by atoms with van der Waals surface area (Å²) < 4.78 is 5.49. The molecule has 1 aliphatic rings. The maximum absolute atomic E-state index is 5.73. The van der Waals surface area contributed by atoms with E-state index >= 15 is 0 Å². The lowest BCUT2D eigenvalue weighted by Gasteiger charge is -2.07. The second-order valence-corrected chi connectivity index (χ2v) is 3.21. The Kier molecular flexibility index (Phi) is 2.36. The smallest absolute Gasteiger partial charge is 0.0758 e.